The number of benzene rings is 2. The quantitative estimate of drug-likeness (QED) is 0.496. The molecule has 2 N–H and O–H groups in total. The molecule has 4 aromatic rings. The van der Waals surface area contributed by atoms with Gasteiger partial charge in [0.05, 0.1) is 0 Å². The highest BCUT2D eigenvalue weighted by atomic mass is 15.3. The molecule has 0 atom stereocenters. The summed E-state index contributed by atoms with van der Waals surface area (Å²) in [6.45, 7) is 5.91. The third-order valence-corrected chi connectivity index (χ3v) is 5.72. The summed E-state index contributed by atoms with van der Waals surface area (Å²) in [5.41, 5.74) is 2.12. The topological polar surface area (TPSA) is 73.0 Å². The number of aryl methyl sites for hydroxylation is 1. The van der Waals surface area contributed by atoms with Gasteiger partial charge < -0.3 is 15.1 Å². The highest BCUT2D eigenvalue weighted by Gasteiger charge is 2.17. The predicted octanol–water partition coefficient (Wildman–Crippen LogP) is 4.33. The van der Waals surface area contributed by atoms with Gasteiger partial charge in [-0.2, -0.15) is 5.10 Å². The summed E-state index contributed by atoms with van der Waals surface area (Å²) in [7, 11) is 2.15. The summed E-state index contributed by atoms with van der Waals surface area (Å²) < 4.78 is 0. The van der Waals surface area contributed by atoms with Crippen molar-refractivity contribution in [2.75, 3.05) is 43.4 Å². The lowest BCUT2D eigenvalue weighted by atomic mass is 10.1. The largest absolute Gasteiger partial charge is 0.354 e. The van der Waals surface area contributed by atoms with Crippen LogP contribution in [0.5, 0.6) is 0 Å². The fraction of sp³-hybridized carbons (Fsp3) is 0.240. The molecule has 3 heterocycles. The number of piperazine rings is 1. The third-order valence-electron chi connectivity index (χ3n) is 5.72. The number of H-pyrrole nitrogens is 1. The van der Waals surface area contributed by atoms with E-state index >= 15 is 0 Å². The summed E-state index contributed by atoms with van der Waals surface area (Å²) in [4.78, 5) is 14.2. The zero-order chi connectivity index (χ0) is 21.9. The zero-order valence-electron chi connectivity index (χ0n) is 18.4. The maximum atomic E-state index is 4.85. The molecule has 0 spiro atoms. The number of hydrogen-bond acceptors (Lipinski definition) is 6. The summed E-state index contributed by atoms with van der Waals surface area (Å²) >= 11 is 0. The lowest BCUT2D eigenvalue weighted by Crippen LogP contribution is -2.44. The number of likely N-dealkylation sites (N-methyl/N-ethyl adjacent to an activating group) is 1. The smallest absolute Gasteiger partial charge is 0.156 e. The lowest BCUT2D eigenvalue weighted by molar-refractivity contribution is 0.312. The maximum Gasteiger partial charge on any atom is 0.156 e. The monoisotopic (exact) mass is 425 g/mol. The predicted molar refractivity (Wildman–Crippen MR) is 131 cm³/mol. The van der Waals surface area contributed by atoms with Gasteiger partial charge in [-0.15, -0.1) is 0 Å². The summed E-state index contributed by atoms with van der Waals surface area (Å²) in [5, 5.41) is 13.0. The van der Waals surface area contributed by atoms with Crippen LogP contribution in [0, 0.1) is 6.92 Å². The highest BCUT2D eigenvalue weighted by Crippen LogP contribution is 2.22. The summed E-state index contributed by atoms with van der Waals surface area (Å²) in [6, 6.07) is 18.8. The van der Waals surface area contributed by atoms with Crippen LogP contribution in [-0.4, -0.2) is 58.3 Å². The number of nitrogens with one attached hydrogen (secondary N) is 2. The van der Waals surface area contributed by atoms with Crippen LogP contribution in [0.15, 0.2) is 54.6 Å². The molecule has 1 aliphatic heterocycles. The van der Waals surface area contributed by atoms with Crippen molar-refractivity contribution >= 4 is 40.4 Å². The van der Waals surface area contributed by atoms with Crippen LogP contribution in [0.3, 0.4) is 0 Å². The van der Waals surface area contributed by atoms with Crippen molar-refractivity contribution in [2.45, 2.75) is 6.92 Å². The average molecular weight is 426 g/mol. The molecule has 0 saturated carbocycles. The minimum Gasteiger partial charge on any atom is -0.354 e. The molecular weight excluding hydrogens is 398 g/mol. The van der Waals surface area contributed by atoms with Crippen LogP contribution in [0.2, 0.25) is 0 Å². The molecule has 0 amide bonds. The first-order valence-electron chi connectivity index (χ1n) is 10.9. The molecule has 162 valence electrons. The molecule has 0 aliphatic carbocycles. The van der Waals surface area contributed by atoms with Crippen molar-refractivity contribution < 1.29 is 0 Å². The third kappa shape index (κ3) is 4.63. The van der Waals surface area contributed by atoms with Gasteiger partial charge in [0.15, 0.2) is 11.6 Å². The SMILES string of the molecule is Cc1cc(Nc2cc(N3CCN(C)CC3)nc(/C=C/c3ccc4ccccc4c3)n2)n[nH]1. The second kappa shape index (κ2) is 8.80. The van der Waals surface area contributed by atoms with Gasteiger partial charge in [-0.05, 0) is 42.4 Å². The van der Waals surface area contributed by atoms with Gasteiger partial charge in [0, 0.05) is 44.0 Å². The van der Waals surface area contributed by atoms with Gasteiger partial charge in [0.1, 0.15) is 11.6 Å². The van der Waals surface area contributed by atoms with Crippen molar-refractivity contribution in [1.29, 1.82) is 0 Å². The molecule has 32 heavy (non-hydrogen) atoms. The number of aromatic nitrogens is 4. The summed E-state index contributed by atoms with van der Waals surface area (Å²) in [6.07, 6.45) is 4.04. The van der Waals surface area contributed by atoms with Crippen molar-refractivity contribution in [3.63, 3.8) is 0 Å². The van der Waals surface area contributed by atoms with Crippen LogP contribution in [0.4, 0.5) is 17.5 Å². The maximum absolute atomic E-state index is 4.85. The minimum atomic E-state index is 0.671. The van der Waals surface area contributed by atoms with Gasteiger partial charge >= 0.3 is 0 Å². The normalized spacial score (nSPS) is 15.0. The van der Waals surface area contributed by atoms with E-state index in [1.807, 2.05) is 25.1 Å². The Morgan fingerprint density at radius 1 is 0.875 bits per heavy atom. The molecule has 1 fully saturated rings. The van der Waals surface area contributed by atoms with E-state index in [2.05, 4.69) is 80.9 Å². The van der Waals surface area contributed by atoms with E-state index < -0.39 is 0 Å². The van der Waals surface area contributed by atoms with Gasteiger partial charge in [-0.1, -0.05) is 42.5 Å². The molecule has 2 aromatic heterocycles. The minimum absolute atomic E-state index is 0.671. The Hall–Kier alpha value is -3.71. The van der Waals surface area contributed by atoms with E-state index in [4.69, 9.17) is 9.97 Å². The first-order valence-corrected chi connectivity index (χ1v) is 10.9. The Kier molecular flexibility index (Phi) is 5.56. The van der Waals surface area contributed by atoms with Crippen molar-refractivity contribution in [1.82, 2.24) is 25.1 Å². The lowest BCUT2D eigenvalue weighted by Gasteiger charge is -2.33. The Labute approximate surface area is 187 Å². The van der Waals surface area contributed by atoms with Gasteiger partial charge in [0.2, 0.25) is 0 Å². The molecule has 0 unspecified atom stereocenters. The molecular formula is C25H27N7. The van der Waals surface area contributed by atoms with E-state index in [-0.39, 0.29) is 0 Å². The van der Waals surface area contributed by atoms with Crippen LogP contribution >= 0.6 is 0 Å². The molecule has 1 saturated heterocycles. The van der Waals surface area contributed by atoms with Gasteiger partial charge in [0.25, 0.3) is 0 Å². The molecule has 2 aromatic carbocycles. The van der Waals surface area contributed by atoms with Crippen LogP contribution in [-0.2, 0) is 0 Å². The first-order chi connectivity index (χ1) is 15.6. The van der Waals surface area contributed by atoms with Gasteiger partial charge in [-0.25, -0.2) is 9.97 Å². The molecule has 0 bridgehead atoms. The standard InChI is InChI=1S/C25H27N7/c1-18-15-24(30-29-18)27-23-17-25(32-13-11-31(2)12-14-32)28-22(26-23)10-8-19-7-9-20-5-3-4-6-21(20)16-19/h3-10,15-17H,11-14H2,1-2H3,(H2,26,27,28,29,30)/b10-8+. The highest BCUT2D eigenvalue weighted by molar-refractivity contribution is 5.85. The van der Waals surface area contributed by atoms with Crippen LogP contribution < -0.4 is 10.2 Å². The Morgan fingerprint density at radius 3 is 2.47 bits per heavy atom. The van der Waals surface area contributed by atoms with Crippen LogP contribution in [0.25, 0.3) is 22.9 Å². The molecule has 7 heteroatoms. The van der Waals surface area contributed by atoms with Crippen molar-refractivity contribution in [2.24, 2.45) is 0 Å². The van der Waals surface area contributed by atoms with Crippen molar-refractivity contribution in [3.8, 4) is 0 Å². The Bertz CT molecular complexity index is 1250. The van der Waals surface area contributed by atoms with Crippen molar-refractivity contribution in [3.05, 3.63) is 71.7 Å². The number of hydrogen-bond donors (Lipinski definition) is 2. The fourth-order valence-electron chi connectivity index (χ4n) is 3.88. The fourth-order valence-corrected chi connectivity index (χ4v) is 3.88. The average Bonchev–Trinajstić information content (AvgIpc) is 3.22. The molecule has 7 nitrogen and oxygen atoms in total. The van der Waals surface area contributed by atoms with E-state index in [1.54, 1.807) is 0 Å². The van der Waals surface area contributed by atoms with Gasteiger partial charge in [-0.3, -0.25) is 5.10 Å². The first kappa shape index (κ1) is 20.2. The molecule has 1 aliphatic rings. The number of aromatic amines is 1. The second-order valence-electron chi connectivity index (χ2n) is 8.26. The van der Waals surface area contributed by atoms with E-state index in [1.165, 1.54) is 10.8 Å². The van der Waals surface area contributed by atoms with E-state index in [0.717, 1.165) is 54.9 Å². The number of fused-ring (bicyclic) bond motifs is 1. The number of anilines is 3. The Balaban J connectivity index is 1.45. The van der Waals surface area contributed by atoms with E-state index in [0.29, 0.717) is 5.82 Å². The van der Waals surface area contributed by atoms with Crippen LogP contribution in [0.1, 0.15) is 17.1 Å². The second-order valence-corrected chi connectivity index (χ2v) is 8.26. The molecule has 0 radical (unpaired) electrons. The van der Waals surface area contributed by atoms with E-state index in [9.17, 15) is 0 Å². The zero-order valence-corrected chi connectivity index (χ0v) is 18.4. The summed E-state index contributed by atoms with van der Waals surface area (Å²) in [5.74, 6) is 3.08. The number of rotatable bonds is 5. The molecule has 5 rings (SSSR count). The number of nitrogens with zero attached hydrogens (tertiary/aromatic N) is 5. The Morgan fingerprint density at radius 2 is 1.69 bits per heavy atom.